The van der Waals surface area contributed by atoms with E-state index in [1.165, 1.54) is 0 Å². The first kappa shape index (κ1) is 16.2. The van der Waals surface area contributed by atoms with E-state index >= 15 is 0 Å². The minimum Gasteiger partial charge on any atom is -0.332 e. The summed E-state index contributed by atoms with van der Waals surface area (Å²) in [6.07, 6.45) is 5.55. The number of anilines is 2. The van der Waals surface area contributed by atoms with Crippen LogP contribution in [0.4, 0.5) is 10.8 Å². The Morgan fingerprint density at radius 3 is 2.56 bits per heavy atom. The van der Waals surface area contributed by atoms with Crippen molar-refractivity contribution in [2.45, 2.75) is 17.7 Å². The van der Waals surface area contributed by atoms with Crippen molar-refractivity contribution in [2.24, 2.45) is 4.36 Å². The van der Waals surface area contributed by atoms with Crippen molar-refractivity contribution in [3.63, 3.8) is 0 Å². The molecule has 128 valence electrons. The molecule has 2 aromatic heterocycles. The molecule has 1 aliphatic rings. The molecule has 1 unspecified atom stereocenters. The van der Waals surface area contributed by atoms with Gasteiger partial charge in [0.25, 0.3) is 0 Å². The second-order valence-electron chi connectivity index (χ2n) is 5.83. The topological polar surface area (TPSA) is 67.2 Å². The maximum atomic E-state index is 12.8. The van der Waals surface area contributed by atoms with Gasteiger partial charge in [0.05, 0.1) is 15.4 Å². The van der Waals surface area contributed by atoms with Crippen LogP contribution >= 0.6 is 11.3 Å². The highest BCUT2D eigenvalue weighted by Gasteiger charge is 2.15. The van der Waals surface area contributed by atoms with Crippen molar-refractivity contribution in [1.82, 2.24) is 9.97 Å². The Labute approximate surface area is 151 Å². The molecule has 1 atom stereocenters. The van der Waals surface area contributed by atoms with E-state index in [1.54, 1.807) is 23.7 Å². The van der Waals surface area contributed by atoms with Crippen molar-refractivity contribution >= 4 is 31.9 Å². The summed E-state index contributed by atoms with van der Waals surface area (Å²) in [6, 6.07) is 11.6. The fraction of sp³-hybridized carbons (Fsp3) is 0.222. The zero-order valence-corrected chi connectivity index (χ0v) is 15.2. The van der Waals surface area contributed by atoms with Crippen LogP contribution in [0.1, 0.15) is 12.8 Å². The summed E-state index contributed by atoms with van der Waals surface area (Å²) in [7, 11) is -2.21. The molecule has 0 spiro atoms. The molecule has 0 amide bonds. The second-order valence-corrected chi connectivity index (χ2v) is 9.10. The van der Waals surface area contributed by atoms with Crippen LogP contribution in [0.2, 0.25) is 0 Å². The monoisotopic (exact) mass is 370 g/mol. The summed E-state index contributed by atoms with van der Waals surface area (Å²) < 4.78 is 17.2. The summed E-state index contributed by atoms with van der Waals surface area (Å²) in [5.74, 6) is 0.668. The van der Waals surface area contributed by atoms with Crippen molar-refractivity contribution in [3.05, 3.63) is 54.2 Å². The lowest BCUT2D eigenvalue weighted by atomic mass is 10.2. The van der Waals surface area contributed by atoms with Gasteiger partial charge in [-0.2, -0.15) is 0 Å². The first-order valence-electron chi connectivity index (χ1n) is 8.17. The lowest BCUT2D eigenvalue weighted by molar-refractivity contribution is 0.658. The van der Waals surface area contributed by atoms with Gasteiger partial charge in [-0.05, 0) is 49.2 Å². The zero-order valence-electron chi connectivity index (χ0n) is 13.6. The Morgan fingerprint density at radius 2 is 1.84 bits per heavy atom. The van der Waals surface area contributed by atoms with Gasteiger partial charge < -0.3 is 5.32 Å². The van der Waals surface area contributed by atoms with Gasteiger partial charge in [-0.1, -0.05) is 0 Å². The molecule has 7 heteroatoms. The summed E-state index contributed by atoms with van der Waals surface area (Å²) >= 11 is 1.55. The molecule has 1 aliphatic heterocycles. The van der Waals surface area contributed by atoms with Crippen LogP contribution in [0, 0.1) is 0 Å². The van der Waals surface area contributed by atoms with Crippen LogP contribution in [0.25, 0.3) is 11.3 Å². The molecule has 5 nitrogen and oxygen atoms in total. The van der Waals surface area contributed by atoms with E-state index < -0.39 is 9.73 Å². The molecule has 1 aromatic carbocycles. The highest BCUT2D eigenvalue weighted by atomic mass is 32.2. The van der Waals surface area contributed by atoms with Crippen LogP contribution in [-0.4, -0.2) is 26.5 Å². The number of aromatic nitrogens is 2. The molecule has 0 bridgehead atoms. The fourth-order valence-corrected chi connectivity index (χ4v) is 5.57. The van der Waals surface area contributed by atoms with Crippen molar-refractivity contribution < 1.29 is 4.21 Å². The lowest BCUT2D eigenvalue weighted by Crippen LogP contribution is -2.12. The van der Waals surface area contributed by atoms with Gasteiger partial charge in [0.15, 0.2) is 5.13 Å². The number of thiazole rings is 1. The third kappa shape index (κ3) is 3.57. The molecule has 25 heavy (non-hydrogen) atoms. The summed E-state index contributed by atoms with van der Waals surface area (Å²) in [6.45, 7) is 0.704. The normalized spacial score (nSPS) is 20.0. The number of hydrogen-bond acceptors (Lipinski definition) is 6. The van der Waals surface area contributed by atoms with Gasteiger partial charge in [-0.3, -0.25) is 4.98 Å². The summed E-state index contributed by atoms with van der Waals surface area (Å²) in [5, 5.41) is 6.15. The Balaban J connectivity index is 1.51. The molecule has 4 rings (SSSR count). The van der Waals surface area contributed by atoms with Gasteiger partial charge in [0.1, 0.15) is 0 Å². The smallest absolute Gasteiger partial charge is 0.187 e. The van der Waals surface area contributed by atoms with Gasteiger partial charge in [-0.25, -0.2) is 13.6 Å². The van der Waals surface area contributed by atoms with E-state index in [9.17, 15) is 4.21 Å². The van der Waals surface area contributed by atoms with Crippen LogP contribution in [0.3, 0.4) is 0 Å². The number of hydrogen-bond donors (Lipinski definition) is 1. The van der Waals surface area contributed by atoms with Crippen LogP contribution in [0.5, 0.6) is 0 Å². The van der Waals surface area contributed by atoms with Crippen molar-refractivity contribution in [3.8, 4) is 11.3 Å². The summed E-state index contributed by atoms with van der Waals surface area (Å²) in [5.41, 5.74) is 2.90. The average Bonchev–Trinajstić information content (AvgIpc) is 3.12. The number of nitrogens with zero attached hydrogens (tertiary/aromatic N) is 3. The molecule has 3 heterocycles. The number of pyridine rings is 1. The first-order chi connectivity index (χ1) is 12.2. The molecule has 0 aliphatic carbocycles. The molecule has 1 N–H and O–H groups in total. The van der Waals surface area contributed by atoms with Gasteiger partial charge in [0, 0.05) is 46.2 Å². The third-order valence-corrected chi connectivity index (χ3v) is 7.29. The van der Waals surface area contributed by atoms with E-state index in [4.69, 9.17) is 0 Å². The fourth-order valence-electron chi connectivity index (χ4n) is 2.74. The Kier molecular flexibility index (Phi) is 4.50. The van der Waals surface area contributed by atoms with E-state index in [2.05, 4.69) is 19.6 Å². The molecule has 0 saturated carbocycles. The highest BCUT2D eigenvalue weighted by Crippen LogP contribution is 2.28. The number of nitrogens with one attached hydrogen (secondary N) is 1. The van der Waals surface area contributed by atoms with E-state index in [-0.39, 0.29) is 0 Å². The molecular formula is C18H18N4OS2. The van der Waals surface area contributed by atoms with Gasteiger partial charge in [0.2, 0.25) is 0 Å². The molecule has 3 aromatic rings. The summed E-state index contributed by atoms with van der Waals surface area (Å²) in [4.78, 5) is 9.46. The predicted octanol–water partition coefficient (Wildman–Crippen LogP) is 4.57. The highest BCUT2D eigenvalue weighted by molar-refractivity contribution is 7.93. The Bertz CT molecular complexity index is 974. The zero-order chi connectivity index (χ0) is 17.1. The molecule has 0 fully saturated rings. The minimum absolute atomic E-state index is 0.668. The first-order valence-corrected chi connectivity index (χ1v) is 10.7. The largest absolute Gasteiger partial charge is 0.332 e. The number of benzene rings is 1. The molecule has 0 radical (unpaired) electrons. The SMILES string of the molecule is O=S1(c2ccc(Nc3nc(-c4ccncc4)cs3)cc2)=NCCCC1. The number of rotatable bonds is 4. The minimum atomic E-state index is -2.21. The second kappa shape index (κ2) is 6.93. The van der Waals surface area contributed by atoms with E-state index in [0.29, 0.717) is 12.3 Å². The predicted molar refractivity (Wildman–Crippen MR) is 103 cm³/mol. The Hall–Kier alpha value is -2.25. The standard InChI is InChI=1S/C18H18N4OS2/c23-25(12-2-1-9-20-25)16-5-3-15(4-6-16)21-18-22-17(13-24-18)14-7-10-19-11-8-14/h3-8,10-11,13H,1-2,9,12H2,(H,21,22). The van der Waals surface area contributed by atoms with Crippen LogP contribution in [-0.2, 0) is 9.73 Å². The van der Waals surface area contributed by atoms with Crippen molar-refractivity contribution in [1.29, 1.82) is 0 Å². The molecule has 0 saturated heterocycles. The maximum Gasteiger partial charge on any atom is 0.187 e. The molecular weight excluding hydrogens is 352 g/mol. The van der Waals surface area contributed by atoms with Gasteiger partial charge >= 0.3 is 0 Å². The third-order valence-electron chi connectivity index (χ3n) is 4.08. The maximum absolute atomic E-state index is 12.8. The van der Waals surface area contributed by atoms with Crippen LogP contribution < -0.4 is 5.32 Å². The quantitative estimate of drug-likeness (QED) is 0.730. The van der Waals surface area contributed by atoms with Crippen LogP contribution in [0.15, 0.2) is 63.4 Å². The van der Waals surface area contributed by atoms with E-state index in [1.807, 2.05) is 41.8 Å². The lowest BCUT2D eigenvalue weighted by Gasteiger charge is -2.15. The van der Waals surface area contributed by atoms with E-state index in [0.717, 1.165) is 39.8 Å². The van der Waals surface area contributed by atoms with Gasteiger partial charge in [-0.15, -0.1) is 11.3 Å². The average molecular weight is 371 g/mol. The Morgan fingerprint density at radius 1 is 1.04 bits per heavy atom. The van der Waals surface area contributed by atoms with Crippen molar-refractivity contribution in [2.75, 3.05) is 17.6 Å².